The van der Waals surface area contributed by atoms with Gasteiger partial charge in [-0.1, -0.05) is 12.5 Å². The number of rotatable bonds is 5. The highest BCUT2D eigenvalue weighted by atomic mass is 19.1. The van der Waals surface area contributed by atoms with Crippen molar-refractivity contribution < 1.29 is 13.2 Å². The van der Waals surface area contributed by atoms with Gasteiger partial charge in [-0.2, -0.15) is 0 Å². The number of allylic oxidation sites excluding steroid dienone is 2. The molecule has 2 aromatic carbocycles. The number of benzene rings is 2. The smallest absolute Gasteiger partial charge is 0.126 e. The summed E-state index contributed by atoms with van der Waals surface area (Å²) in [5, 5.41) is 0. The lowest BCUT2D eigenvalue weighted by molar-refractivity contribution is 0.377. The molecule has 0 aromatic heterocycles. The molecule has 4 N–H and O–H groups in total. The zero-order valence-corrected chi connectivity index (χ0v) is 16.3. The summed E-state index contributed by atoms with van der Waals surface area (Å²) in [6.45, 7) is 2.47. The van der Waals surface area contributed by atoms with Crippen LogP contribution in [0.25, 0.3) is 0 Å². The Balaban J connectivity index is 2.01. The van der Waals surface area contributed by atoms with Gasteiger partial charge in [-0.25, -0.2) is 18.2 Å². The first-order valence-corrected chi connectivity index (χ1v) is 9.44. The number of nitrogens with two attached hydrogens (primary N) is 2. The van der Waals surface area contributed by atoms with Crippen molar-refractivity contribution in [2.75, 3.05) is 6.54 Å². The lowest BCUT2D eigenvalue weighted by Gasteiger charge is -2.37. The fourth-order valence-corrected chi connectivity index (χ4v) is 3.83. The van der Waals surface area contributed by atoms with Gasteiger partial charge in [0.1, 0.15) is 17.5 Å². The fourth-order valence-electron chi connectivity index (χ4n) is 3.83. The van der Waals surface area contributed by atoms with Crippen molar-refractivity contribution in [3.05, 3.63) is 88.9 Å². The molecule has 1 unspecified atom stereocenters. The Hall–Kier alpha value is -2.86. The van der Waals surface area contributed by atoms with Crippen LogP contribution < -0.4 is 11.5 Å². The first-order valence-electron chi connectivity index (χ1n) is 9.44. The van der Waals surface area contributed by atoms with Crippen LogP contribution in [0.2, 0.25) is 0 Å². The molecule has 3 nitrogen and oxygen atoms in total. The van der Waals surface area contributed by atoms with Gasteiger partial charge in [-0.05, 0) is 91.0 Å². The van der Waals surface area contributed by atoms with Gasteiger partial charge in [0.05, 0.1) is 11.4 Å². The number of halogens is 3. The van der Waals surface area contributed by atoms with Gasteiger partial charge in [0.25, 0.3) is 0 Å². The molecule has 1 aliphatic carbocycles. The molecule has 3 rings (SSSR count). The topological polar surface area (TPSA) is 64.4 Å². The van der Waals surface area contributed by atoms with Gasteiger partial charge in [-0.15, -0.1) is 0 Å². The molecule has 0 saturated heterocycles. The molecule has 0 radical (unpaired) electrons. The van der Waals surface area contributed by atoms with Crippen LogP contribution in [-0.4, -0.2) is 12.3 Å². The number of hydrogen-bond donors (Lipinski definition) is 2. The van der Waals surface area contributed by atoms with E-state index in [1.54, 1.807) is 12.1 Å². The lowest BCUT2D eigenvalue weighted by atomic mass is 9.67. The molecule has 0 amide bonds. The molecule has 6 heteroatoms. The van der Waals surface area contributed by atoms with E-state index in [-0.39, 0.29) is 5.82 Å². The van der Waals surface area contributed by atoms with Gasteiger partial charge in [-0.3, -0.25) is 0 Å². The molecule has 0 bridgehead atoms. The molecule has 0 aliphatic heterocycles. The van der Waals surface area contributed by atoms with Crippen molar-refractivity contribution in [3.63, 3.8) is 0 Å². The minimum atomic E-state index is -0.600. The highest BCUT2D eigenvalue weighted by Crippen LogP contribution is 2.43. The molecular formula is C23H24F3N3. The summed E-state index contributed by atoms with van der Waals surface area (Å²) < 4.78 is 40.5. The second-order valence-electron chi connectivity index (χ2n) is 7.57. The second kappa shape index (κ2) is 8.66. The largest absolute Gasteiger partial charge is 0.404 e. The van der Waals surface area contributed by atoms with Crippen LogP contribution >= 0.6 is 0 Å². The third kappa shape index (κ3) is 4.95. The summed E-state index contributed by atoms with van der Waals surface area (Å²) in [7, 11) is 0. The van der Waals surface area contributed by atoms with E-state index in [1.807, 2.05) is 13.0 Å². The predicted molar refractivity (Wildman–Crippen MR) is 110 cm³/mol. The monoisotopic (exact) mass is 399 g/mol. The van der Waals surface area contributed by atoms with Crippen molar-refractivity contribution in [2.24, 2.45) is 21.9 Å². The quantitative estimate of drug-likeness (QED) is 0.747. The number of aliphatic imine (C=N–C) groups is 1. The third-order valence-corrected chi connectivity index (χ3v) is 5.20. The first-order chi connectivity index (χ1) is 13.8. The predicted octanol–water partition coefficient (Wildman–Crippen LogP) is 4.95. The maximum atomic E-state index is 13.7. The average Bonchev–Trinajstić information content (AvgIpc) is 2.65. The van der Waals surface area contributed by atoms with E-state index in [4.69, 9.17) is 11.5 Å². The van der Waals surface area contributed by atoms with E-state index in [0.29, 0.717) is 42.8 Å². The second-order valence-corrected chi connectivity index (χ2v) is 7.57. The van der Waals surface area contributed by atoms with Gasteiger partial charge < -0.3 is 11.5 Å². The van der Waals surface area contributed by atoms with Crippen molar-refractivity contribution in [1.29, 1.82) is 0 Å². The molecule has 2 aromatic rings. The SMILES string of the molecule is CC1(Cc2cc(F)cc(F)c2)CC(=CN)C(=Nc2ccc(F)cc2)C=C1CCN. The van der Waals surface area contributed by atoms with Crippen LogP contribution in [0.3, 0.4) is 0 Å². The van der Waals surface area contributed by atoms with E-state index in [0.717, 1.165) is 17.2 Å². The summed E-state index contributed by atoms with van der Waals surface area (Å²) >= 11 is 0. The normalized spacial score (nSPS) is 22.2. The fraction of sp³-hybridized carbons (Fsp3) is 0.261. The van der Waals surface area contributed by atoms with Crippen LogP contribution in [0.5, 0.6) is 0 Å². The Morgan fingerprint density at radius 3 is 2.28 bits per heavy atom. The Labute approximate surface area is 168 Å². The molecule has 0 fully saturated rings. The zero-order valence-electron chi connectivity index (χ0n) is 16.3. The van der Waals surface area contributed by atoms with Crippen molar-refractivity contribution >= 4 is 11.4 Å². The van der Waals surface area contributed by atoms with Crippen LogP contribution in [0, 0.1) is 22.9 Å². The van der Waals surface area contributed by atoms with E-state index < -0.39 is 17.0 Å². The first kappa shape index (κ1) is 20.9. The van der Waals surface area contributed by atoms with E-state index in [2.05, 4.69) is 4.99 Å². The van der Waals surface area contributed by atoms with Crippen molar-refractivity contribution in [2.45, 2.75) is 26.2 Å². The Bertz CT molecular complexity index is 957. The van der Waals surface area contributed by atoms with E-state index >= 15 is 0 Å². The van der Waals surface area contributed by atoms with Crippen molar-refractivity contribution in [3.8, 4) is 0 Å². The summed E-state index contributed by atoms with van der Waals surface area (Å²) in [6.07, 6.45) is 5.05. The molecule has 0 heterocycles. The maximum absolute atomic E-state index is 13.7. The van der Waals surface area contributed by atoms with Crippen LogP contribution in [0.15, 0.2) is 70.9 Å². The maximum Gasteiger partial charge on any atom is 0.126 e. The summed E-state index contributed by atoms with van der Waals surface area (Å²) in [4.78, 5) is 4.61. The van der Waals surface area contributed by atoms with Gasteiger partial charge in [0.2, 0.25) is 0 Å². The number of hydrogen-bond acceptors (Lipinski definition) is 3. The minimum absolute atomic E-state index is 0.332. The standard InChI is InChI=1S/C23H24F3N3/c1-23(12-15-8-19(25)11-20(26)9-15)13-16(14-28)22(10-17(23)6-7-27)29-21-4-2-18(24)3-5-21/h2-5,8-11,14H,6-7,12-13,27-28H2,1H3. The third-order valence-electron chi connectivity index (χ3n) is 5.20. The molecular weight excluding hydrogens is 375 g/mol. The van der Waals surface area contributed by atoms with Crippen molar-refractivity contribution in [1.82, 2.24) is 0 Å². The van der Waals surface area contributed by atoms with E-state index in [9.17, 15) is 13.2 Å². The molecule has 1 atom stereocenters. The Morgan fingerprint density at radius 2 is 1.69 bits per heavy atom. The van der Waals surface area contributed by atoms with Crippen LogP contribution in [-0.2, 0) is 6.42 Å². The Kier molecular flexibility index (Phi) is 6.23. The summed E-state index contributed by atoms with van der Waals surface area (Å²) in [5.41, 5.74) is 15.0. The molecule has 0 spiro atoms. The summed E-state index contributed by atoms with van der Waals surface area (Å²) in [6, 6.07) is 9.45. The van der Waals surface area contributed by atoms with Gasteiger partial charge in [0.15, 0.2) is 0 Å². The van der Waals surface area contributed by atoms with Gasteiger partial charge in [0, 0.05) is 6.07 Å². The number of nitrogens with zero attached hydrogens (tertiary/aromatic N) is 1. The molecule has 1 aliphatic rings. The Morgan fingerprint density at radius 1 is 1.03 bits per heavy atom. The minimum Gasteiger partial charge on any atom is -0.404 e. The van der Waals surface area contributed by atoms with Gasteiger partial charge >= 0.3 is 0 Å². The highest BCUT2D eigenvalue weighted by Gasteiger charge is 2.35. The van der Waals surface area contributed by atoms with Crippen LogP contribution in [0.1, 0.15) is 25.3 Å². The van der Waals surface area contributed by atoms with E-state index in [1.165, 1.54) is 30.5 Å². The highest BCUT2D eigenvalue weighted by molar-refractivity contribution is 6.11. The molecule has 29 heavy (non-hydrogen) atoms. The molecule has 0 saturated carbocycles. The zero-order chi connectivity index (χ0) is 21.0. The summed E-state index contributed by atoms with van der Waals surface area (Å²) in [5.74, 6) is -1.53. The van der Waals surface area contributed by atoms with Crippen LogP contribution in [0.4, 0.5) is 18.9 Å². The molecule has 152 valence electrons. The lowest BCUT2D eigenvalue weighted by Crippen LogP contribution is -2.31. The average molecular weight is 399 g/mol.